The molecular weight excluding hydrogens is 206 g/mol. The van der Waals surface area contributed by atoms with E-state index < -0.39 is 0 Å². The van der Waals surface area contributed by atoms with Crippen molar-refractivity contribution in [1.29, 1.82) is 0 Å². The van der Waals surface area contributed by atoms with Crippen molar-refractivity contribution in [3.63, 3.8) is 0 Å². The number of aliphatic imine (C=N–C) groups is 1. The van der Waals surface area contributed by atoms with Gasteiger partial charge in [-0.2, -0.15) is 0 Å². The third-order valence-corrected chi connectivity index (χ3v) is 1.87. The van der Waals surface area contributed by atoms with Crippen molar-refractivity contribution in [2.24, 2.45) is 4.99 Å². The fourth-order valence-corrected chi connectivity index (χ4v) is 1.04. The lowest BCUT2D eigenvalue weighted by Crippen LogP contribution is -1.84. The normalized spacial score (nSPS) is 11.3. The Balaban J connectivity index is 5.43. The summed E-state index contributed by atoms with van der Waals surface area (Å²) < 4.78 is 0. The van der Waals surface area contributed by atoms with Crippen molar-refractivity contribution >= 4 is 5.71 Å². The Morgan fingerprint density at radius 3 is 2.12 bits per heavy atom. The number of hydrogen-bond donors (Lipinski definition) is 0. The molecule has 0 amide bonds. The summed E-state index contributed by atoms with van der Waals surface area (Å²) in [6, 6.07) is 0. The molecule has 0 bridgehead atoms. The van der Waals surface area contributed by atoms with Crippen molar-refractivity contribution in [2.45, 2.75) is 27.7 Å². The molecule has 0 saturated heterocycles. The molecular formula is C16H21N. The van der Waals surface area contributed by atoms with E-state index in [1.165, 1.54) is 5.57 Å². The van der Waals surface area contributed by atoms with Gasteiger partial charge >= 0.3 is 0 Å². The molecule has 0 N–H and O–H groups in total. The van der Waals surface area contributed by atoms with Crippen LogP contribution in [0.25, 0.3) is 0 Å². The lowest BCUT2D eigenvalue weighted by atomic mass is 10.1. The van der Waals surface area contributed by atoms with Crippen LogP contribution in [0.2, 0.25) is 0 Å². The van der Waals surface area contributed by atoms with E-state index in [1.807, 2.05) is 32.1 Å². The van der Waals surface area contributed by atoms with Gasteiger partial charge in [0.1, 0.15) is 0 Å². The zero-order valence-electron chi connectivity index (χ0n) is 11.2. The van der Waals surface area contributed by atoms with Crippen LogP contribution in [0.15, 0.2) is 71.1 Å². The Morgan fingerprint density at radius 1 is 1.06 bits per heavy atom. The van der Waals surface area contributed by atoms with Gasteiger partial charge in [-0.1, -0.05) is 37.0 Å². The van der Waals surface area contributed by atoms with Gasteiger partial charge in [0.05, 0.1) is 0 Å². The maximum absolute atomic E-state index is 4.28. The molecule has 90 valence electrons. The molecule has 0 aromatic heterocycles. The van der Waals surface area contributed by atoms with E-state index >= 15 is 0 Å². The molecule has 0 unspecified atom stereocenters. The summed E-state index contributed by atoms with van der Waals surface area (Å²) in [4.78, 5) is 4.28. The molecule has 0 atom stereocenters. The fourth-order valence-electron chi connectivity index (χ4n) is 1.04. The lowest BCUT2D eigenvalue weighted by Gasteiger charge is -2.00. The van der Waals surface area contributed by atoms with Gasteiger partial charge in [-0.25, -0.2) is 0 Å². The van der Waals surface area contributed by atoms with Crippen molar-refractivity contribution < 1.29 is 0 Å². The third-order valence-electron chi connectivity index (χ3n) is 1.87. The molecule has 0 aliphatic heterocycles. The first-order chi connectivity index (χ1) is 8.01. The molecule has 0 rings (SSSR count). The summed E-state index contributed by atoms with van der Waals surface area (Å²) in [6.45, 7) is 15.4. The van der Waals surface area contributed by atoms with Crippen LogP contribution in [-0.2, 0) is 0 Å². The van der Waals surface area contributed by atoms with Crippen molar-refractivity contribution in [3.8, 4) is 0 Å². The molecule has 1 heteroatoms. The van der Waals surface area contributed by atoms with Crippen LogP contribution in [0.5, 0.6) is 0 Å². The second-order valence-electron chi connectivity index (χ2n) is 4.08. The van der Waals surface area contributed by atoms with Crippen LogP contribution < -0.4 is 0 Å². The van der Waals surface area contributed by atoms with Gasteiger partial charge in [-0.15, -0.1) is 5.73 Å². The second-order valence-corrected chi connectivity index (χ2v) is 4.08. The molecule has 0 fully saturated rings. The largest absolute Gasteiger partial charge is 0.266 e. The van der Waals surface area contributed by atoms with Crippen LogP contribution in [0.1, 0.15) is 27.7 Å². The summed E-state index contributed by atoms with van der Waals surface area (Å²) in [6.07, 6.45) is 9.48. The molecule has 0 aromatic rings. The van der Waals surface area contributed by atoms with E-state index in [0.717, 1.165) is 16.9 Å². The molecule has 17 heavy (non-hydrogen) atoms. The summed E-state index contributed by atoms with van der Waals surface area (Å²) in [5, 5.41) is 0. The molecule has 0 aromatic carbocycles. The molecule has 1 nitrogen and oxygen atoms in total. The average molecular weight is 227 g/mol. The summed E-state index contributed by atoms with van der Waals surface area (Å²) in [7, 11) is 0. The average Bonchev–Trinajstić information content (AvgIpc) is 2.25. The Hall–Kier alpha value is -1.85. The Bertz CT molecular complexity index is 428. The smallest absolute Gasteiger partial charge is 0.0345 e. The second kappa shape index (κ2) is 8.32. The molecule has 0 aliphatic carbocycles. The van der Waals surface area contributed by atoms with E-state index in [0.29, 0.717) is 0 Å². The molecule has 0 saturated carbocycles. The number of allylic oxidation sites excluding steroid dienone is 7. The summed E-state index contributed by atoms with van der Waals surface area (Å²) in [5.74, 6) is 0. The van der Waals surface area contributed by atoms with Crippen LogP contribution >= 0.6 is 0 Å². The summed E-state index contributed by atoms with van der Waals surface area (Å²) in [5.41, 5.74) is 6.99. The van der Waals surface area contributed by atoms with Crippen molar-refractivity contribution in [3.05, 3.63) is 66.1 Å². The molecule has 0 heterocycles. The maximum Gasteiger partial charge on any atom is 0.0345 e. The number of nitrogens with zero attached hydrogens (tertiary/aromatic N) is 1. The van der Waals surface area contributed by atoms with E-state index in [-0.39, 0.29) is 0 Å². The first kappa shape index (κ1) is 15.2. The van der Waals surface area contributed by atoms with Crippen LogP contribution in [-0.4, -0.2) is 5.71 Å². The van der Waals surface area contributed by atoms with Crippen LogP contribution in [0.4, 0.5) is 0 Å². The number of hydrogen-bond acceptors (Lipinski definition) is 1. The minimum absolute atomic E-state index is 0.958. The van der Waals surface area contributed by atoms with Gasteiger partial charge in [0.2, 0.25) is 0 Å². The van der Waals surface area contributed by atoms with Gasteiger partial charge in [-0.05, 0) is 44.9 Å². The first-order valence-corrected chi connectivity index (χ1v) is 5.56. The van der Waals surface area contributed by atoms with Gasteiger partial charge in [0.25, 0.3) is 0 Å². The quantitative estimate of drug-likeness (QED) is 0.364. The SMILES string of the molecule is C=C=CC(=C\C=C(C)C)/C(C=C)=C/N=C(C)C. The fraction of sp³-hybridized carbons (Fsp3) is 0.250. The van der Waals surface area contributed by atoms with Gasteiger partial charge in [0.15, 0.2) is 0 Å². The predicted molar refractivity (Wildman–Crippen MR) is 78.3 cm³/mol. The van der Waals surface area contributed by atoms with E-state index in [4.69, 9.17) is 0 Å². The monoisotopic (exact) mass is 227 g/mol. The molecule has 0 aliphatic rings. The highest BCUT2D eigenvalue weighted by molar-refractivity contribution is 5.79. The van der Waals surface area contributed by atoms with E-state index in [9.17, 15) is 0 Å². The highest BCUT2D eigenvalue weighted by Gasteiger charge is 1.96. The molecule has 0 radical (unpaired) electrons. The predicted octanol–water partition coefficient (Wildman–Crippen LogP) is 4.77. The van der Waals surface area contributed by atoms with Gasteiger partial charge in [-0.3, -0.25) is 4.99 Å². The molecule has 0 spiro atoms. The minimum Gasteiger partial charge on any atom is -0.266 e. The zero-order valence-corrected chi connectivity index (χ0v) is 11.2. The summed E-state index contributed by atoms with van der Waals surface area (Å²) >= 11 is 0. The van der Waals surface area contributed by atoms with Crippen molar-refractivity contribution in [2.75, 3.05) is 0 Å². The van der Waals surface area contributed by atoms with Crippen molar-refractivity contribution in [1.82, 2.24) is 0 Å². The Morgan fingerprint density at radius 2 is 1.71 bits per heavy atom. The lowest BCUT2D eigenvalue weighted by molar-refractivity contribution is 1.38. The standard InChI is InChI=1S/C16H21N/c1-7-9-16(11-10-13(3)4)15(8-2)12-17-14(5)6/h8-12H,1-2H2,3-6H3/b15-12+,16-11+. The topological polar surface area (TPSA) is 12.4 Å². The van der Waals surface area contributed by atoms with E-state index in [1.54, 1.807) is 12.3 Å². The van der Waals surface area contributed by atoms with E-state index in [2.05, 4.69) is 37.7 Å². The Labute approximate surface area is 105 Å². The highest BCUT2D eigenvalue weighted by atomic mass is 14.7. The van der Waals surface area contributed by atoms with Gasteiger partial charge < -0.3 is 0 Å². The third kappa shape index (κ3) is 7.10. The zero-order chi connectivity index (χ0) is 13.3. The van der Waals surface area contributed by atoms with Crippen LogP contribution in [0, 0.1) is 0 Å². The maximum atomic E-state index is 4.28. The minimum atomic E-state index is 0.958. The number of rotatable bonds is 5. The van der Waals surface area contributed by atoms with Crippen LogP contribution in [0.3, 0.4) is 0 Å². The van der Waals surface area contributed by atoms with Gasteiger partial charge in [0, 0.05) is 11.9 Å². The first-order valence-electron chi connectivity index (χ1n) is 5.56. The Kier molecular flexibility index (Phi) is 7.41. The highest BCUT2D eigenvalue weighted by Crippen LogP contribution is 2.13.